The van der Waals surface area contributed by atoms with E-state index in [0.717, 1.165) is 6.42 Å². The number of ether oxygens (including phenoxy) is 1. The van der Waals surface area contributed by atoms with Crippen molar-refractivity contribution in [2.75, 3.05) is 29.7 Å². The lowest BCUT2D eigenvalue weighted by Gasteiger charge is -2.15. The van der Waals surface area contributed by atoms with Crippen molar-refractivity contribution in [3.63, 3.8) is 0 Å². The lowest BCUT2D eigenvalue weighted by atomic mass is 10.2. The van der Waals surface area contributed by atoms with Gasteiger partial charge in [0, 0.05) is 30.7 Å². The largest absolute Gasteiger partial charge is 0.375 e. The SMILES string of the molecule is CCC(C)Nc1nc(Nc2cccc(NC(=O)COC)c2)ncc1C(N)=O. The standard InChI is InChI=1S/C18H24N6O3/c1-4-11(2)21-17-14(16(19)26)9-20-18(24-17)23-13-7-5-6-12(8-13)22-15(25)10-27-3/h5-9,11H,4,10H2,1-3H3,(H2,19,26)(H,22,25)(H2,20,21,23,24). The third kappa shape index (κ3) is 5.93. The molecule has 1 aromatic carbocycles. The quantitative estimate of drug-likeness (QED) is 0.530. The molecule has 1 unspecified atom stereocenters. The lowest BCUT2D eigenvalue weighted by molar-refractivity contribution is -0.119. The number of methoxy groups -OCH3 is 1. The van der Waals surface area contributed by atoms with Crippen LogP contribution in [0.3, 0.4) is 0 Å². The molecule has 9 nitrogen and oxygen atoms in total. The second kappa shape index (κ2) is 9.48. The molecule has 5 N–H and O–H groups in total. The van der Waals surface area contributed by atoms with E-state index < -0.39 is 5.91 Å². The summed E-state index contributed by atoms with van der Waals surface area (Å²) in [7, 11) is 1.45. The molecule has 2 amide bonds. The Kier molecular flexibility index (Phi) is 7.07. The molecule has 0 bridgehead atoms. The molecule has 2 aromatic rings. The predicted octanol–water partition coefficient (Wildman–Crippen LogP) is 2.11. The minimum atomic E-state index is -0.602. The lowest BCUT2D eigenvalue weighted by Crippen LogP contribution is -2.21. The zero-order valence-corrected chi connectivity index (χ0v) is 15.6. The van der Waals surface area contributed by atoms with E-state index in [-0.39, 0.29) is 24.1 Å². The molecule has 0 fully saturated rings. The first-order valence-corrected chi connectivity index (χ1v) is 8.52. The summed E-state index contributed by atoms with van der Waals surface area (Å²) in [6, 6.07) is 7.19. The minimum Gasteiger partial charge on any atom is -0.375 e. The molecule has 1 atom stereocenters. The second-order valence-corrected chi connectivity index (χ2v) is 5.96. The fraction of sp³-hybridized carbons (Fsp3) is 0.333. The average Bonchev–Trinajstić information content (AvgIpc) is 2.62. The van der Waals surface area contributed by atoms with Crippen LogP contribution in [0.5, 0.6) is 0 Å². The van der Waals surface area contributed by atoms with Crippen molar-refractivity contribution in [3.05, 3.63) is 36.0 Å². The number of rotatable bonds is 9. The van der Waals surface area contributed by atoms with Gasteiger partial charge in [0.15, 0.2) is 0 Å². The molecule has 0 aliphatic rings. The Balaban J connectivity index is 2.20. The molecule has 0 aliphatic heterocycles. The van der Waals surface area contributed by atoms with E-state index in [1.807, 2.05) is 13.8 Å². The number of aromatic nitrogens is 2. The number of hydrogen-bond acceptors (Lipinski definition) is 7. The molecule has 9 heteroatoms. The predicted molar refractivity (Wildman–Crippen MR) is 104 cm³/mol. The minimum absolute atomic E-state index is 0.0278. The Labute approximate surface area is 157 Å². The Morgan fingerprint density at radius 2 is 2.04 bits per heavy atom. The Morgan fingerprint density at radius 1 is 1.30 bits per heavy atom. The van der Waals surface area contributed by atoms with Crippen LogP contribution in [-0.4, -0.2) is 41.5 Å². The van der Waals surface area contributed by atoms with E-state index in [2.05, 4.69) is 25.9 Å². The van der Waals surface area contributed by atoms with Gasteiger partial charge in [-0.1, -0.05) is 13.0 Å². The molecular formula is C18H24N6O3. The summed E-state index contributed by atoms with van der Waals surface area (Å²) in [6.07, 6.45) is 2.24. The van der Waals surface area contributed by atoms with Crippen molar-refractivity contribution in [1.82, 2.24) is 9.97 Å². The normalized spacial score (nSPS) is 11.5. The molecule has 0 radical (unpaired) electrons. The van der Waals surface area contributed by atoms with E-state index in [4.69, 9.17) is 10.5 Å². The van der Waals surface area contributed by atoms with Gasteiger partial charge in [0.25, 0.3) is 5.91 Å². The van der Waals surface area contributed by atoms with Crippen LogP contribution in [0.1, 0.15) is 30.6 Å². The number of amides is 2. The van der Waals surface area contributed by atoms with Crippen LogP contribution in [0.4, 0.5) is 23.1 Å². The number of primary amides is 1. The highest BCUT2D eigenvalue weighted by Crippen LogP contribution is 2.21. The highest BCUT2D eigenvalue weighted by atomic mass is 16.5. The van der Waals surface area contributed by atoms with E-state index in [1.54, 1.807) is 24.3 Å². The molecule has 1 heterocycles. The maximum atomic E-state index is 11.6. The van der Waals surface area contributed by atoms with Crippen LogP contribution in [0.15, 0.2) is 30.5 Å². The molecular weight excluding hydrogens is 348 g/mol. The van der Waals surface area contributed by atoms with Crippen molar-refractivity contribution in [2.45, 2.75) is 26.3 Å². The maximum Gasteiger partial charge on any atom is 0.254 e. The van der Waals surface area contributed by atoms with E-state index in [9.17, 15) is 9.59 Å². The van der Waals surface area contributed by atoms with Crippen molar-refractivity contribution < 1.29 is 14.3 Å². The van der Waals surface area contributed by atoms with Crippen molar-refractivity contribution in [2.24, 2.45) is 5.73 Å². The van der Waals surface area contributed by atoms with Gasteiger partial charge in [-0.15, -0.1) is 0 Å². The topological polar surface area (TPSA) is 131 Å². The van der Waals surface area contributed by atoms with Gasteiger partial charge in [-0.05, 0) is 31.5 Å². The summed E-state index contributed by atoms with van der Waals surface area (Å²) in [5.41, 5.74) is 6.90. The Hall–Kier alpha value is -3.20. The van der Waals surface area contributed by atoms with Gasteiger partial charge in [0.2, 0.25) is 11.9 Å². The smallest absolute Gasteiger partial charge is 0.254 e. The summed E-state index contributed by atoms with van der Waals surface area (Å²) in [4.78, 5) is 31.7. The molecule has 0 spiro atoms. The Bertz CT molecular complexity index is 811. The van der Waals surface area contributed by atoms with E-state index in [0.29, 0.717) is 23.1 Å². The number of hydrogen-bond donors (Lipinski definition) is 4. The van der Waals surface area contributed by atoms with Crippen molar-refractivity contribution >= 4 is 35.0 Å². The van der Waals surface area contributed by atoms with Crippen LogP contribution in [0.25, 0.3) is 0 Å². The van der Waals surface area contributed by atoms with Gasteiger partial charge in [-0.25, -0.2) is 4.98 Å². The first kappa shape index (κ1) is 20.1. The van der Waals surface area contributed by atoms with Crippen LogP contribution in [0, 0.1) is 0 Å². The van der Waals surface area contributed by atoms with Gasteiger partial charge >= 0.3 is 0 Å². The summed E-state index contributed by atoms with van der Waals surface area (Å²) in [5, 5.41) is 8.93. The fourth-order valence-corrected chi connectivity index (χ4v) is 2.20. The number of benzene rings is 1. The maximum absolute atomic E-state index is 11.6. The second-order valence-electron chi connectivity index (χ2n) is 5.96. The van der Waals surface area contributed by atoms with E-state index in [1.165, 1.54) is 13.3 Å². The van der Waals surface area contributed by atoms with Gasteiger partial charge in [0.1, 0.15) is 12.4 Å². The van der Waals surface area contributed by atoms with Crippen molar-refractivity contribution in [3.8, 4) is 0 Å². The number of carbonyl (C=O) groups excluding carboxylic acids is 2. The van der Waals surface area contributed by atoms with Crippen LogP contribution in [-0.2, 0) is 9.53 Å². The number of nitrogens with two attached hydrogens (primary N) is 1. The highest BCUT2D eigenvalue weighted by molar-refractivity contribution is 5.97. The van der Waals surface area contributed by atoms with Crippen molar-refractivity contribution in [1.29, 1.82) is 0 Å². The highest BCUT2D eigenvalue weighted by Gasteiger charge is 2.14. The molecule has 0 saturated carbocycles. The number of carbonyl (C=O) groups is 2. The van der Waals surface area contributed by atoms with Crippen LogP contribution in [0.2, 0.25) is 0 Å². The first-order valence-electron chi connectivity index (χ1n) is 8.52. The zero-order chi connectivity index (χ0) is 19.8. The van der Waals surface area contributed by atoms with Gasteiger partial charge in [-0.2, -0.15) is 4.98 Å². The third-order valence-corrected chi connectivity index (χ3v) is 3.73. The summed E-state index contributed by atoms with van der Waals surface area (Å²) >= 11 is 0. The molecule has 0 saturated heterocycles. The first-order chi connectivity index (χ1) is 12.9. The summed E-state index contributed by atoms with van der Waals surface area (Å²) in [6.45, 7) is 3.97. The summed E-state index contributed by atoms with van der Waals surface area (Å²) in [5.74, 6) is -0.183. The number of nitrogens with zero attached hydrogens (tertiary/aromatic N) is 2. The fourth-order valence-electron chi connectivity index (χ4n) is 2.20. The van der Waals surface area contributed by atoms with Gasteiger partial charge in [-0.3, -0.25) is 9.59 Å². The number of nitrogens with one attached hydrogen (secondary N) is 3. The van der Waals surface area contributed by atoms with Gasteiger partial charge < -0.3 is 26.4 Å². The molecule has 1 aromatic heterocycles. The average molecular weight is 372 g/mol. The molecule has 0 aliphatic carbocycles. The molecule has 2 rings (SSSR count). The zero-order valence-electron chi connectivity index (χ0n) is 15.6. The third-order valence-electron chi connectivity index (χ3n) is 3.73. The van der Waals surface area contributed by atoms with Crippen LogP contribution < -0.4 is 21.7 Å². The molecule has 27 heavy (non-hydrogen) atoms. The van der Waals surface area contributed by atoms with Gasteiger partial charge in [0.05, 0.1) is 5.56 Å². The van der Waals surface area contributed by atoms with E-state index >= 15 is 0 Å². The number of anilines is 4. The molecule has 144 valence electrons. The van der Waals surface area contributed by atoms with Crippen LogP contribution >= 0.6 is 0 Å². The summed E-state index contributed by atoms with van der Waals surface area (Å²) < 4.78 is 4.79. The Morgan fingerprint density at radius 3 is 2.70 bits per heavy atom. The monoisotopic (exact) mass is 372 g/mol.